The molecule has 0 spiro atoms. The van der Waals surface area contributed by atoms with Gasteiger partial charge < -0.3 is 0 Å². The molecule has 3 rings (SSSR count). The van der Waals surface area contributed by atoms with Gasteiger partial charge in [-0.15, -0.1) is 5.10 Å². The minimum Gasteiger partial charge on any atom is -0.287 e. The summed E-state index contributed by atoms with van der Waals surface area (Å²) in [5.41, 5.74) is 2.13. The molecule has 1 heterocycles. The van der Waals surface area contributed by atoms with Gasteiger partial charge in [-0.3, -0.25) is 4.79 Å². The Kier molecular flexibility index (Phi) is 5.22. The Morgan fingerprint density at radius 1 is 1.11 bits per heavy atom. The van der Waals surface area contributed by atoms with Crippen molar-refractivity contribution >= 4 is 33.5 Å². The Bertz CT molecular complexity index is 1120. The van der Waals surface area contributed by atoms with Gasteiger partial charge in [0, 0.05) is 5.02 Å². The number of primary sulfonamides is 1. The lowest BCUT2D eigenvalue weighted by Crippen LogP contribution is -2.12. The Balaban J connectivity index is 1.84. The van der Waals surface area contributed by atoms with Crippen LogP contribution >= 0.6 is 11.6 Å². The number of ketones is 1. The topological polar surface area (TPSA) is 108 Å². The van der Waals surface area contributed by atoms with E-state index in [1.165, 1.54) is 22.9 Å². The van der Waals surface area contributed by atoms with Crippen LogP contribution in [0.5, 0.6) is 0 Å². The molecule has 0 atom stereocenters. The number of carbonyl (C=O) groups excluding carboxylic acids is 1. The molecule has 3 aromatic rings. The van der Waals surface area contributed by atoms with E-state index in [0.717, 1.165) is 5.56 Å². The number of benzene rings is 2. The molecule has 0 radical (unpaired) electrons. The number of aromatic nitrogens is 3. The molecule has 0 aliphatic heterocycles. The van der Waals surface area contributed by atoms with Crippen LogP contribution in [0.4, 0.5) is 0 Å². The van der Waals surface area contributed by atoms with Crippen LogP contribution in [0.25, 0.3) is 11.8 Å². The van der Waals surface area contributed by atoms with Crippen LogP contribution < -0.4 is 5.14 Å². The molecule has 9 heteroatoms. The van der Waals surface area contributed by atoms with Gasteiger partial charge in [-0.25, -0.2) is 18.2 Å². The van der Waals surface area contributed by atoms with E-state index in [-0.39, 0.29) is 16.4 Å². The number of nitrogens with two attached hydrogens (primary N) is 1. The summed E-state index contributed by atoms with van der Waals surface area (Å²) in [7, 11) is -3.77. The van der Waals surface area contributed by atoms with Crippen molar-refractivity contribution in [3.63, 3.8) is 0 Å². The number of carbonyl (C=O) groups is 1. The van der Waals surface area contributed by atoms with Gasteiger partial charge in [-0.1, -0.05) is 35.0 Å². The van der Waals surface area contributed by atoms with Crippen molar-refractivity contribution in [1.29, 1.82) is 0 Å². The average Bonchev–Trinajstić information content (AvgIpc) is 3.02. The predicted molar refractivity (Wildman–Crippen MR) is 102 cm³/mol. The predicted octanol–water partition coefficient (Wildman–Crippen LogP) is 2.77. The maximum atomic E-state index is 12.4. The van der Waals surface area contributed by atoms with E-state index in [1.54, 1.807) is 49.4 Å². The summed E-state index contributed by atoms with van der Waals surface area (Å²) < 4.78 is 24.1. The van der Waals surface area contributed by atoms with Crippen LogP contribution in [0.15, 0.2) is 59.5 Å². The molecule has 2 N–H and O–H groups in total. The van der Waals surface area contributed by atoms with E-state index in [2.05, 4.69) is 10.3 Å². The second-order valence-corrected chi connectivity index (χ2v) is 7.72. The molecule has 0 aliphatic carbocycles. The molecule has 1 aromatic heterocycles. The molecule has 7 nitrogen and oxygen atoms in total. The normalized spacial score (nSPS) is 11.8. The smallest absolute Gasteiger partial charge is 0.238 e. The van der Waals surface area contributed by atoms with Crippen molar-refractivity contribution in [2.75, 3.05) is 0 Å². The number of allylic oxidation sites excluding steroid dienone is 1. The number of hydrogen-bond acceptors (Lipinski definition) is 5. The third kappa shape index (κ3) is 4.30. The van der Waals surface area contributed by atoms with E-state index >= 15 is 0 Å². The first-order chi connectivity index (χ1) is 12.8. The van der Waals surface area contributed by atoms with Crippen LogP contribution in [0.3, 0.4) is 0 Å². The summed E-state index contributed by atoms with van der Waals surface area (Å²) in [5.74, 6) is -0.296. The van der Waals surface area contributed by atoms with Crippen molar-refractivity contribution < 1.29 is 13.2 Å². The van der Waals surface area contributed by atoms with Crippen LogP contribution in [0.2, 0.25) is 5.02 Å². The highest BCUT2D eigenvalue weighted by Gasteiger charge is 2.16. The average molecular weight is 403 g/mol. The summed E-state index contributed by atoms with van der Waals surface area (Å²) in [6.45, 7) is 1.71. The highest BCUT2D eigenvalue weighted by Crippen LogP contribution is 2.16. The number of halogens is 1. The lowest BCUT2D eigenvalue weighted by Gasteiger charge is -2.04. The van der Waals surface area contributed by atoms with Crippen molar-refractivity contribution in [2.45, 2.75) is 11.8 Å². The summed E-state index contributed by atoms with van der Waals surface area (Å²) in [4.78, 5) is 12.4. The van der Waals surface area contributed by atoms with Gasteiger partial charge in [0.2, 0.25) is 15.8 Å². The molecule has 27 heavy (non-hydrogen) atoms. The summed E-state index contributed by atoms with van der Waals surface area (Å²) in [5, 5.41) is 13.6. The minimum atomic E-state index is -3.77. The highest BCUT2D eigenvalue weighted by molar-refractivity contribution is 7.89. The van der Waals surface area contributed by atoms with E-state index in [0.29, 0.717) is 16.4 Å². The molecular formula is C18H15ClN4O3S. The molecule has 0 unspecified atom stereocenters. The molecule has 0 fully saturated rings. The number of hydrogen-bond donors (Lipinski definition) is 1. The maximum Gasteiger partial charge on any atom is 0.238 e. The summed E-state index contributed by atoms with van der Waals surface area (Å²) in [6, 6.07) is 12.9. The number of nitrogens with zero attached hydrogens (tertiary/aromatic N) is 3. The molecule has 138 valence electrons. The quantitative estimate of drug-likeness (QED) is 0.521. The highest BCUT2D eigenvalue weighted by atomic mass is 35.5. The molecule has 2 aromatic carbocycles. The third-order valence-corrected chi connectivity index (χ3v) is 5.02. The Morgan fingerprint density at radius 2 is 1.74 bits per heavy atom. The number of rotatable bonds is 5. The first kappa shape index (κ1) is 19.0. The van der Waals surface area contributed by atoms with Gasteiger partial charge in [0.25, 0.3) is 0 Å². The Labute approximate surface area is 161 Å². The lowest BCUT2D eigenvalue weighted by molar-refractivity contribution is 0.104. The fraction of sp³-hybridized carbons (Fsp3) is 0.0556. The van der Waals surface area contributed by atoms with Gasteiger partial charge in [0.05, 0.1) is 16.3 Å². The molecule has 0 amide bonds. The second kappa shape index (κ2) is 7.43. The molecule has 0 saturated carbocycles. The Morgan fingerprint density at radius 3 is 2.33 bits per heavy atom. The first-order valence-corrected chi connectivity index (χ1v) is 9.71. The van der Waals surface area contributed by atoms with Crippen LogP contribution in [0, 0.1) is 6.92 Å². The zero-order valence-corrected chi connectivity index (χ0v) is 15.8. The third-order valence-electron chi connectivity index (χ3n) is 3.83. The van der Waals surface area contributed by atoms with Crippen molar-refractivity contribution in [3.05, 3.63) is 76.6 Å². The largest absolute Gasteiger partial charge is 0.287 e. The molecule has 0 saturated heterocycles. The van der Waals surface area contributed by atoms with Crippen molar-refractivity contribution in [1.82, 2.24) is 15.0 Å². The standard InChI is InChI=1S/C18H15ClN4O3S/c1-12-18(17(24)11-4-13-2-5-14(19)6-3-13)21-22-23(12)15-7-9-16(10-8-15)27(20,25)26/h2-11H,1H3,(H2,20,25,26)/b11-4+. The minimum absolute atomic E-state index is 0.00813. The van der Waals surface area contributed by atoms with Crippen LogP contribution in [-0.4, -0.2) is 29.2 Å². The van der Waals surface area contributed by atoms with E-state index in [4.69, 9.17) is 16.7 Å². The summed E-state index contributed by atoms with van der Waals surface area (Å²) in [6.07, 6.45) is 3.08. The van der Waals surface area contributed by atoms with Crippen molar-refractivity contribution in [2.24, 2.45) is 5.14 Å². The fourth-order valence-corrected chi connectivity index (χ4v) is 3.05. The van der Waals surface area contributed by atoms with E-state index < -0.39 is 10.0 Å². The second-order valence-electron chi connectivity index (χ2n) is 5.72. The SMILES string of the molecule is Cc1c(C(=O)/C=C/c2ccc(Cl)cc2)nnn1-c1ccc(S(N)(=O)=O)cc1. The first-order valence-electron chi connectivity index (χ1n) is 7.79. The van der Waals surface area contributed by atoms with Gasteiger partial charge in [0.15, 0.2) is 5.69 Å². The molecular weight excluding hydrogens is 388 g/mol. The molecule has 0 bridgehead atoms. The fourth-order valence-electron chi connectivity index (χ4n) is 2.40. The molecule has 0 aliphatic rings. The summed E-state index contributed by atoms with van der Waals surface area (Å²) >= 11 is 5.83. The van der Waals surface area contributed by atoms with Crippen molar-refractivity contribution in [3.8, 4) is 5.69 Å². The van der Waals surface area contributed by atoms with Gasteiger partial charge in [-0.2, -0.15) is 0 Å². The van der Waals surface area contributed by atoms with Gasteiger partial charge in [0.1, 0.15) is 0 Å². The van der Waals surface area contributed by atoms with Crippen LogP contribution in [-0.2, 0) is 10.0 Å². The zero-order chi connectivity index (χ0) is 19.6. The maximum absolute atomic E-state index is 12.4. The zero-order valence-electron chi connectivity index (χ0n) is 14.2. The van der Waals surface area contributed by atoms with E-state index in [1.807, 2.05) is 0 Å². The van der Waals surface area contributed by atoms with Gasteiger partial charge in [-0.05, 0) is 55.0 Å². The number of sulfonamides is 1. The lowest BCUT2D eigenvalue weighted by atomic mass is 10.1. The Hall–Kier alpha value is -2.81. The van der Waals surface area contributed by atoms with Gasteiger partial charge >= 0.3 is 0 Å². The van der Waals surface area contributed by atoms with E-state index in [9.17, 15) is 13.2 Å². The monoisotopic (exact) mass is 402 g/mol. The van der Waals surface area contributed by atoms with Crippen LogP contribution in [0.1, 0.15) is 21.7 Å².